The van der Waals surface area contributed by atoms with Gasteiger partial charge in [0.05, 0.1) is 9.55 Å². The molecule has 34 heavy (non-hydrogen) atoms. The van der Waals surface area contributed by atoms with Crippen LogP contribution in [0, 0.1) is 12.8 Å². The third-order valence-corrected chi connectivity index (χ3v) is 7.52. The van der Waals surface area contributed by atoms with Gasteiger partial charge < -0.3 is 4.90 Å². The molecule has 0 spiro atoms. The van der Waals surface area contributed by atoms with E-state index in [1.165, 1.54) is 22.0 Å². The van der Waals surface area contributed by atoms with Crippen molar-refractivity contribution in [3.8, 4) is 0 Å². The first kappa shape index (κ1) is 24.2. The van der Waals surface area contributed by atoms with Gasteiger partial charge in [0, 0.05) is 24.7 Å². The normalized spacial score (nSPS) is 15.7. The van der Waals surface area contributed by atoms with Crippen molar-refractivity contribution in [1.29, 1.82) is 0 Å². The number of thiazole rings is 1. The van der Waals surface area contributed by atoms with Gasteiger partial charge in [0.25, 0.3) is 5.56 Å². The number of carbonyl (C=O) groups excluding carboxylic acids is 2. The smallest absolute Gasteiger partial charge is 0.269 e. The van der Waals surface area contributed by atoms with Crippen LogP contribution in [0.15, 0.2) is 53.3 Å². The maximum atomic E-state index is 13.3. The average molecular weight is 495 g/mol. The van der Waals surface area contributed by atoms with E-state index in [2.05, 4.69) is 6.92 Å². The van der Waals surface area contributed by atoms with Crippen molar-refractivity contribution >= 4 is 46.8 Å². The van der Waals surface area contributed by atoms with Gasteiger partial charge in [0.15, 0.2) is 5.78 Å². The van der Waals surface area contributed by atoms with Crippen molar-refractivity contribution in [2.24, 2.45) is 5.92 Å². The Balaban J connectivity index is 1.76. The van der Waals surface area contributed by atoms with Crippen molar-refractivity contribution in [2.75, 3.05) is 13.1 Å². The standard InChI is InChI=1S/C27H27ClN2O3S/c1-18-7-9-20(10-8-18)15-24-27(33)30(17-25(32)29-13-11-19(2)12-14-29)26(34-24)16-23(31)21-5-3-4-6-22(21)28/h3-10,15-16,19H,11-14,17H2,1-2H3/b24-15-,26-16-. The summed E-state index contributed by atoms with van der Waals surface area (Å²) in [7, 11) is 0. The van der Waals surface area contributed by atoms with Crippen LogP contribution in [-0.4, -0.2) is 34.2 Å². The second-order valence-electron chi connectivity index (χ2n) is 8.80. The number of hydrogen-bond donors (Lipinski definition) is 0. The van der Waals surface area contributed by atoms with Crippen LogP contribution in [0.5, 0.6) is 0 Å². The van der Waals surface area contributed by atoms with Gasteiger partial charge >= 0.3 is 0 Å². The van der Waals surface area contributed by atoms with Crippen LogP contribution in [0.1, 0.15) is 41.3 Å². The third kappa shape index (κ3) is 5.57. The first-order valence-electron chi connectivity index (χ1n) is 11.4. The third-order valence-electron chi connectivity index (χ3n) is 6.14. The maximum absolute atomic E-state index is 13.3. The summed E-state index contributed by atoms with van der Waals surface area (Å²) in [5.74, 6) is 0.191. The van der Waals surface area contributed by atoms with Gasteiger partial charge in [-0.15, -0.1) is 11.3 Å². The molecule has 1 aliphatic rings. The molecule has 2 heterocycles. The fraction of sp³-hybridized carbons (Fsp3) is 0.296. The number of carbonyl (C=O) groups is 2. The Kier molecular flexibility index (Phi) is 7.49. The Bertz CT molecular complexity index is 1380. The van der Waals surface area contributed by atoms with E-state index in [-0.39, 0.29) is 23.8 Å². The topological polar surface area (TPSA) is 59.4 Å². The number of aromatic nitrogens is 1. The van der Waals surface area contributed by atoms with Gasteiger partial charge in [0.2, 0.25) is 5.91 Å². The highest BCUT2D eigenvalue weighted by atomic mass is 35.5. The van der Waals surface area contributed by atoms with Gasteiger partial charge in [-0.2, -0.15) is 0 Å². The fourth-order valence-electron chi connectivity index (χ4n) is 3.95. The first-order valence-corrected chi connectivity index (χ1v) is 12.6. The summed E-state index contributed by atoms with van der Waals surface area (Å²) in [5, 5.41) is 0.346. The van der Waals surface area contributed by atoms with E-state index in [9.17, 15) is 14.4 Å². The molecule has 1 saturated heterocycles. The number of nitrogens with zero attached hydrogens (tertiary/aromatic N) is 2. The minimum atomic E-state index is -0.304. The number of benzene rings is 2. The molecule has 0 atom stereocenters. The monoisotopic (exact) mass is 494 g/mol. The van der Waals surface area contributed by atoms with Gasteiger partial charge in [-0.3, -0.25) is 19.0 Å². The van der Waals surface area contributed by atoms with Gasteiger partial charge in [-0.05, 0) is 49.5 Å². The molecule has 1 aliphatic heterocycles. The Hall–Kier alpha value is -2.96. The van der Waals surface area contributed by atoms with E-state index in [0.717, 1.165) is 24.0 Å². The summed E-state index contributed by atoms with van der Waals surface area (Å²) in [6.07, 6.45) is 5.13. The Labute approximate surface area is 207 Å². The molecule has 3 aromatic rings. The lowest BCUT2D eigenvalue weighted by molar-refractivity contribution is -0.133. The van der Waals surface area contributed by atoms with Gasteiger partial charge in [0.1, 0.15) is 11.2 Å². The number of piperidine rings is 1. The van der Waals surface area contributed by atoms with Crippen LogP contribution in [0.2, 0.25) is 5.02 Å². The second-order valence-corrected chi connectivity index (χ2v) is 10.3. The molecule has 0 radical (unpaired) electrons. The Morgan fingerprint density at radius 1 is 1.09 bits per heavy atom. The van der Waals surface area contributed by atoms with Crippen LogP contribution in [-0.2, 0) is 11.3 Å². The Morgan fingerprint density at radius 2 is 1.76 bits per heavy atom. The minimum Gasteiger partial charge on any atom is -0.341 e. The number of likely N-dealkylation sites (tertiary alicyclic amines) is 1. The summed E-state index contributed by atoms with van der Waals surface area (Å²) < 4.78 is 2.33. The highest BCUT2D eigenvalue weighted by Gasteiger charge is 2.21. The average Bonchev–Trinajstić information content (AvgIpc) is 3.10. The molecule has 2 aromatic carbocycles. The molecule has 0 N–H and O–H groups in total. The minimum absolute atomic E-state index is 0.0902. The van der Waals surface area contributed by atoms with E-state index >= 15 is 0 Å². The number of aryl methyl sites for hydroxylation is 1. The molecule has 5 nitrogen and oxygen atoms in total. The molecule has 4 rings (SSSR count). The molecule has 0 unspecified atom stereocenters. The molecule has 1 fully saturated rings. The molecule has 0 bridgehead atoms. The zero-order valence-electron chi connectivity index (χ0n) is 19.3. The van der Waals surface area contributed by atoms with E-state index in [4.69, 9.17) is 11.6 Å². The molecule has 1 aromatic heterocycles. The maximum Gasteiger partial charge on any atom is 0.269 e. The van der Waals surface area contributed by atoms with Crippen LogP contribution in [0.4, 0.5) is 0 Å². The number of halogens is 1. The van der Waals surface area contributed by atoms with Gasteiger partial charge in [-0.25, -0.2) is 0 Å². The molecular formula is C27H27ClN2O3S. The highest BCUT2D eigenvalue weighted by molar-refractivity contribution is 7.07. The van der Waals surface area contributed by atoms with Crippen molar-refractivity contribution in [2.45, 2.75) is 33.2 Å². The molecule has 1 amide bonds. The van der Waals surface area contributed by atoms with Crippen molar-refractivity contribution in [3.05, 3.63) is 89.8 Å². The number of Topliss-reactive ketones (excluding diaryl/α,β-unsaturated/α-hetero) is 1. The number of rotatable bonds is 5. The van der Waals surface area contributed by atoms with Crippen LogP contribution in [0.3, 0.4) is 0 Å². The van der Waals surface area contributed by atoms with Crippen molar-refractivity contribution in [1.82, 2.24) is 9.47 Å². The highest BCUT2D eigenvalue weighted by Crippen LogP contribution is 2.17. The summed E-state index contributed by atoms with van der Waals surface area (Å²) in [5.41, 5.74) is 2.09. The molecule has 0 aliphatic carbocycles. The van der Waals surface area contributed by atoms with E-state index < -0.39 is 0 Å². The Morgan fingerprint density at radius 3 is 2.44 bits per heavy atom. The molecule has 0 saturated carbocycles. The fourth-order valence-corrected chi connectivity index (χ4v) is 5.22. The van der Waals surface area contributed by atoms with Crippen molar-refractivity contribution < 1.29 is 9.59 Å². The quantitative estimate of drug-likeness (QED) is 0.509. The number of hydrogen-bond acceptors (Lipinski definition) is 4. The lowest BCUT2D eigenvalue weighted by Gasteiger charge is -2.30. The molecule has 7 heteroatoms. The molecule has 176 valence electrons. The van der Waals surface area contributed by atoms with Crippen molar-refractivity contribution in [3.63, 3.8) is 0 Å². The summed E-state index contributed by atoms with van der Waals surface area (Å²) in [4.78, 5) is 41.2. The summed E-state index contributed by atoms with van der Waals surface area (Å²) >= 11 is 7.41. The van der Waals surface area contributed by atoms with E-state index in [1.807, 2.05) is 36.1 Å². The number of ketones is 1. The first-order chi connectivity index (χ1) is 16.3. The molecular weight excluding hydrogens is 468 g/mol. The largest absolute Gasteiger partial charge is 0.341 e. The number of amides is 1. The SMILES string of the molecule is Cc1ccc(/C=c2\s/c(=C\C(=O)c3ccccc3Cl)n(CC(=O)N3CCC(C)CC3)c2=O)cc1. The summed E-state index contributed by atoms with van der Waals surface area (Å²) in [6.45, 7) is 5.48. The predicted octanol–water partition coefficient (Wildman–Crippen LogP) is 3.62. The predicted molar refractivity (Wildman–Crippen MR) is 138 cm³/mol. The van der Waals surface area contributed by atoms with E-state index in [0.29, 0.717) is 38.8 Å². The second kappa shape index (κ2) is 10.5. The van der Waals surface area contributed by atoms with Crippen LogP contribution < -0.4 is 14.8 Å². The van der Waals surface area contributed by atoms with Crippen LogP contribution >= 0.6 is 22.9 Å². The zero-order valence-corrected chi connectivity index (χ0v) is 20.9. The lowest BCUT2D eigenvalue weighted by atomic mass is 9.99. The lowest BCUT2D eigenvalue weighted by Crippen LogP contribution is -2.43. The van der Waals surface area contributed by atoms with E-state index in [1.54, 1.807) is 30.3 Å². The summed E-state index contributed by atoms with van der Waals surface area (Å²) in [6, 6.07) is 14.6. The zero-order chi connectivity index (χ0) is 24.2. The van der Waals surface area contributed by atoms with Crippen LogP contribution in [0.25, 0.3) is 12.2 Å². The van der Waals surface area contributed by atoms with Gasteiger partial charge in [-0.1, -0.05) is 60.5 Å².